The normalized spacial score (nSPS) is 15.5. The van der Waals surface area contributed by atoms with Gasteiger partial charge in [0.15, 0.2) is 0 Å². The van der Waals surface area contributed by atoms with Crippen LogP contribution in [0.4, 0.5) is 10.1 Å². The lowest BCUT2D eigenvalue weighted by atomic mass is 9.94. The molecule has 0 aliphatic carbocycles. The summed E-state index contributed by atoms with van der Waals surface area (Å²) >= 11 is 0. The fraction of sp³-hybridized carbons (Fsp3) is 0.333. The molecule has 2 aromatic carbocycles. The molecular weight excluding hydrogens is 381 g/mol. The minimum atomic E-state index is -0.685. The minimum Gasteiger partial charge on any atom is -0.341 e. The number of likely N-dealkylation sites (tertiary alicyclic amines) is 1. The number of halogens is 2. The van der Waals surface area contributed by atoms with Gasteiger partial charge in [-0.1, -0.05) is 29.8 Å². The van der Waals surface area contributed by atoms with E-state index >= 15 is 0 Å². The van der Waals surface area contributed by atoms with E-state index in [9.17, 15) is 14.0 Å². The number of benzene rings is 2. The number of anilines is 1. The van der Waals surface area contributed by atoms with Crippen molar-refractivity contribution < 1.29 is 14.0 Å². The molecule has 28 heavy (non-hydrogen) atoms. The van der Waals surface area contributed by atoms with Gasteiger partial charge >= 0.3 is 0 Å². The Morgan fingerprint density at radius 3 is 2.21 bits per heavy atom. The Morgan fingerprint density at radius 1 is 1.07 bits per heavy atom. The third-order valence-corrected chi connectivity index (χ3v) is 4.99. The van der Waals surface area contributed by atoms with E-state index in [4.69, 9.17) is 5.73 Å². The molecule has 0 aromatic heterocycles. The van der Waals surface area contributed by atoms with Crippen LogP contribution in [0.2, 0.25) is 0 Å². The van der Waals surface area contributed by atoms with Gasteiger partial charge in [-0.15, -0.1) is 12.4 Å². The Morgan fingerprint density at radius 2 is 1.64 bits per heavy atom. The van der Waals surface area contributed by atoms with Crippen molar-refractivity contribution >= 4 is 29.9 Å². The van der Waals surface area contributed by atoms with Gasteiger partial charge < -0.3 is 16.0 Å². The van der Waals surface area contributed by atoms with E-state index in [-0.39, 0.29) is 36.0 Å². The molecule has 2 aromatic rings. The topological polar surface area (TPSA) is 75.4 Å². The van der Waals surface area contributed by atoms with Crippen molar-refractivity contribution in [2.45, 2.75) is 25.8 Å². The molecule has 1 atom stereocenters. The van der Waals surface area contributed by atoms with Gasteiger partial charge in [0, 0.05) is 24.7 Å². The lowest BCUT2D eigenvalue weighted by Crippen LogP contribution is -2.45. The van der Waals surface area contributed by atoms with Crippen LogP contribution in [-0.2, 0) is 9.59 Å². The van der Waals surface area contributed by atoms with Crippen molar-refractivity contribution in [1.82, 2.24) is 4.90 Å². The SMILES string of the molecule is Cc1ccc(C(N)C(=O)N2CCC(C(=O)Nc3ccc(F)cc3)CC2)cc1.Cl. The average molecular weight is 406 g/mol. The maximum Gasteiger partial charge on any atom is 0.244 e. The predicted molar refractivity (Wildman–Crippen MR) is 110 cm³/mol. The zero-order valence-corrected chi connectivity index (χ0v) is 16.5. The Hall–Kier alpha value is -2.44. The van der Waals surface area contributed by atoms with E-state index < -0.39 is 6.04 Å². The summed E-state index contributed by atoms with van der Waals surface area (Å²) in [5, 5.41) is 2.80. The number of nitrogens with two attached hydrogens (primary N) is 1. The van der Waals surface area contributed by atoms with Crippen molar-refractivity contribution in [2.75, 3.05) is 18.4 Å². The van der Waals surface area contributed by atoms with Crippen LogP contribution in [0.5, 0.6) is 0 Å². The summed E-state index contributed by atoms with van der Waals surface area (Å²) in [5.74, 6) is -0.729. The first-order valence-electron chi connectivity index (χ1n) is 9.11. The van der Waals surface area contributed by atoms with Gasteiger partial charge in [-0.25, -0.2) is 4.39 Å². The Labute approximate surface area is 170 Å². The zero-order chi connectivity index (χ0) is 19.4. The van der Waals surface area contributed by atoms with Gasteiger partial charge in [-0.3, -0.25) is 9.59 Å². The highest BCUT2D eigenvalue weighted by atomic mass is 35.5. The largest absolute Gasteiger partial charge is 0.341 e. The van der Waals surface area contributed by atoms with Crippen LogP contribution in [0.15, 0.2) is 48.5 Å². The van der Waals surface area contributed by atoms with Gasteiger partial charge in [0.05, 0.1) is 0 Å². The second-order valence-electron chi connectivity index (χ2n) is 6.98. The van der Waals surface area contributed by atoms with Crippen LogP contribution in [0.1, 0.15) is 30.0 Å². The first-order chi connectivity index (χ1) is 12.9. The Bertz CT molecular complexity index is 803. The number of nitrogens with zero attached hydrogens (tertiary/aromatic N) is 1. The molecule has 0 radical (unpaired) electrons. The summed E-state index contributed by atoms with van der Waals surface area (Å²) in [6.07, 6.45) is 1.17. The van der Waals surface area contributed by atoms with E-state index in [1.165, 1.54) is 24.3 Å². The van der Waals surface area contributed by atoms with Crippen molar-refractivity contribution in [3.05, 3.63) is 65.5 Å². The number of piperidine rings is 1. The number of hydrogen-bond donors (Lipinski definition) is 2. The number of amides is 2. The average Bonchev–Trinajstić information content (AvgIpc) is 2.69. The molecule has 0 spiro atoms. The van der Waals surface area contributed by atoms with Gasteiger partial charge in [-0.05, 0) is 49.6 Å². The Balaban J connectivity index is 0.00000280. The van der Waals surface area contributed by atoms with Crippen LogP contribution in [0, 0.1) is 18.7 Å². The predicted octanol–water partition coefficient (Wildman–Crippen LogP) is 3.43. The van der Waals surface area contributed by atoms with Gasteiger partial charge in [0.1, 0.15) is 11.9 Å². The van der Waals surface area contributed by atoms with Crippen LogP contribution in [0.3, 0.4) is 0 Å². The minimum absolute atomic E-state index is 0. The first kappa shape index (κ1) is 21.9. The third-order valence-electron chi connectivity index (χ3n) is 4.99. The molecule has 150 valence electrons. The number of carbonyl (C=O) groups excluding carboxylic acids is 2. The highest BCUT2D eigenvalue weighted by Crippen LogP contribution is 2.22. The molecule has 0 bridgehead atoms. The number of carbonyl (C=O) groups is 2. The molecule has 1 saturated heterocycles. The number of nitrogens with one attached hydrogen (secondary N) is 1. The van der Waals surface area contributed by atoms with Crippen LogP contribution < -0.4 is 11.1 Å². The van der Waals surface area contributed by atoms with Crippen molar-refractivity contribution in [2.24, 2.45) is 11.7 Å². The zero-order valence-electron chi connectivity index (χ0n) is 15.7. The second-order valence-corrected chi connectivity index (χ2v) is 6.98. The fourth-order valence-corrected chi connectivity index (χ4v) is 3.25. The maximum absolute atomic E-state index is 12.9. The summed E-state index contributed by atoms with van der Waals surface area (Å²) in [6.45, 7) is 2.98. The first-order valence-corrected chi connectivity index (χ1v) is 9.11. The smallest absolute Gasteiger partial charge is 0.244 e. The van der Waals surface area contributed by atoms with Crippen molar-refractivity contribution in [3.8, 4) is 0 Å². The fourth-order valence-electron chi connectivity index (χ4n) is 3.25. The Kier molecular flexibility index (Phi) is 7.54. The molecule has 7 heteroatoms. The number of aryl methyl sites for hydroxylation is 1. The molecule has 0 saturated carbocycles. The molecule has 3 rings (SSSR count). The highest BCUT2D eigenvalue weighted by Gasteiger charge is 2.30. The van der Waals surface area contributed by atoms with E-state index in [2.05, 4.69) is 5.32 Å². The van der Waals surface area contributed by atoms with E-state index in [0.29, 0.717) is 31.6 Å². The van der Waals surface area contributed by atoms with Crippen LogP contribution in [0.25, 0.3) is 0 Å². The van der Waals surface area contributed by atoms with Crippen molar-refractivity contribution in [1.29, 1.82) is 0 Å². The molecule has 1 aliphatic heterocycles. The molecule has 1 aliphatic rings. The maximum atomic E-state index is 12.9. The monoisotopic (exact) mass is 405 g/mol. The molecule has 2 amide bonds. The summed E-state index contributed by atoms with van der Waals surface area (Å²) in [5.41, 5.74) is 8.61. The van der Waals surface area contributed by atoms with Crippen molar-refractivity contribution in [3.63, 3.8) is 0 Å². The van der Waals surface area contributed by atoms with Gasteiger partial charge in [-0.2, -0.15) is 0 Å². The van der Waals surface area contributed by atoms with Gasteiger partial charge in [0.2, 0.25) is 11.8 Å². The lowest BCUT2D eigenvalue weighted by molar-refractivity contribution is -0.135. The quantitative estimate of drug-likeness (QED) is 0.818. The molecule has 3 N–H and O–H groups in total. The molecule has 1 fully saturated rings. The molecule has 1 unspecified atom stereocenters. The molecule has 5 nitrogen and oxygen atoms in total. The van der Waals surface area contributed by atoms with Gasteiger partial charge in [0.25, 0.3) is 0 Å². The highest BCUT2D eigenvalue weighted by molar-refractivity contribution is 5.92. The summed E-state index contributed by atoms with van der Waals surface area (Å²) in [7, 11) is 0. The van der Waals surface area contributed by atoms with E-state index in [1.54, 1.807) is 4.90 Å². The number of hydrogen-bond acceptors (Lipinski definition) is 3. The van der Waals surface area contributed by atoms with E-state index in [0.717, 1.165) is 11.1 Å². The summed E-state index contributed by atoms with van der Waals surface area (Å²) in [4.78, 5) is 26.8. The molecule has 1 heterocycles. The third kappa shape index (κ3) is 5.30. The lowest BCUT2D eigenvalue weighted by Gasteiger charge is -2.33. The second kappa shape index (κ2) is 9.66. The number of rotatable bonds is 4. The van der Waals surface area contributed by atoms with Crippen LogP contribution >= 0.6 is 12.4 Å². The summed E-state index contributed by atoms with van der Waals surface area (Å²) < 4.78 is 12.9. The standard InChI is InChI=1S/C21H24FN3O2.ClH/c1-14-2-4-15(5-3-14)19(23)21(27)25-12-10-16(11-13-25)20(26)24-18-8-6-17(22)7-9-18;/h2-9,16,19H,10-13,23H2,1H3,(H,24,26);1H. The van der Waals surface area contributed by atoms with Crippen LogP contribution in [-0.4, -0.2) is 29.8 Å². The van der Waals surface area contributed by atoms with E-state index in [1.807, 2.05) is 31.2 Å². The summed E-state index contributed by atoms with van der Waals surface area (Å²) in [6, 6.07) is 12.6. The molecular formula is C21H25ClFN3O2.